The summed E-state index contributed by atoms with van der Waals surface area (Å²) in [6.45, 7) is 10.2. The van der Waals surface area contributed by atoms with E-state index in [1.807, 2.05) is 10.6 Å². The van der Waals surface area contributed by atoms with Crippen molar-refractivity contribution in [3.8, 4) is 0 Å². The Kier molecular flexibility index (Phi) is 3.93. The fourth-order valence-electron chi connectivity index (χ4n) is 6.74. The molecule has 4 saturated heterocycles. The molecule has 4 fully saturated rings. The summed E-state index contributed by atoms with van der Waals surface area (Å²) in [6.07, 6.45) is 6.07. The largest absolute Gasteiger partial charge is 0.0677 e. The zero-order chi connectivity index (χ0) is 16.6. The molecule has 0 radical (unpaired) electrons. The average Bonchev–Trinajstić information content (AvgIpc) is 3.24. The highest BCUT2D eigenvalue weighted by Gasteiger charge is 2.54. The highest BCUT2D eigenvalue weighted by Crippen LogP contribution is 2.70. The second-order valence-corrected chi connectivity index (χ2v) is 14.7. The van der Waals surface area contributed by atoms with Gasteiger partial charge in [0.15, 0.2) is 0 Å². The Morgan fingerprint density at radius 3 is 1.17 bits per heavy atom. The topological polar surface area (TPSA) is 0 Å². The van der Waals surface area contributed by atoms with Gasteiger partial charge in [0.25, 0.3) is 0 Å². The Hall–Kier alpha value is 0.0800. The maximum absolute atomic E-state index is 2.58. The van der Waals surface area contributed by atoms with E-state index in [-0.39, 0.29) is 15.8 Å². The highest BCUT2D eigenvalue weighted by atomic mass is 31.1. The van der Waals surface area contributed by atoms with Gasteiger partial charge in [-0.2, -0.15) is 0 Å². The van der Waals surface area contributed by atoms with E-state index in [0.29, 0.717) is 0 Å². The third-order valence-corrected chi connectivity index (χ3v) is 15.8. The van der Waals surface area contributed by atoms with Crippen LogP contribution in [0.1, 0.15) is 53.4 Å². The monoisotopic (exact) mass is 358 g/mol. The number of fused-ring (bicyclic) bond motifs is 4. The summed E-state index contributed by atoms with van der Waals surface area (Å²) in [7, 11) is 0.220. The second-order valence-electron chi connectivity index (χ2n) is 9.42. The van der Waals surface area contributed by atoms with Gasteiger partial charge in [0.2, 0.25) is 0 Å². The Balaban J connectivity index is 1.56. The van der Waals surface area contributed by atoms with E-state index in [9.17, 15) is 0 Å². The van der Waals surface area contributed by atoms with Gasteiger partial charge in [-0.15, -0.1) is 0 Å². The van der Waals surface area contributed by atoms with Gasteiger partial charge in [-0.1, -0.05) is 67.8 Å². The van der Waals surface area contributed by atoms with Crippen LogP contribution in [0.2, 0.25) is 0 Å². The molecule has 0 N–H and O–H groups in total. The van der Waals surface area contributed by atoms with Crippen LogP contribution < -0.4 is 10.6 Å². The Morgan fingerprint density at radius 1 is 0.583 bits per heavy atom. The molecular formula is C22H32P2. The summed E-state index contributed by atoms with van der Waals surface area (Å²) in [6, 6.07) is 9.86. The lowest BCUT2D eigenvalue weighted by molar-refractivity contribution is 0.365. The number of hydrogen-bond donors (Lipinski definition) is 0. The van der Waals surface area contributed by atoms with Gasteiger partial charge >= 0.3 is 0 Å². The maximum atomic E-state index is 2.58. The van der Waals surface area contributed by atoms with Crippen molar-refractivity contribution < 1.29 is 0 Å². The molecule has 130 valence electrons. The van der Waals surface area contributed by atoms with Gasteiger partial charge < -0.3 is 0 Å². The van der Waals surface area contributed by atoms with Crippen molar-refractivity contribution in [3.05, 3.63) is 24.3 Å². The van der Waals surface area contributed by atoms with Gasteiger partial charge in [0, 0.05) is 0 Å². The molecule has 0 aliphatic carbocycles. The van der Waals surface area contributed by atoms with Crippen molar-refractivity contribution in [3.63, 3.8) is 0 Å². The van der Waals surface area contributed by atoms with E-state index in [2.05, 4.69) is 52.0 Å². The quantitative estimate of drug-likeness (QED) is 0.610. The zero-order valence-electron chi connectivity index (χ0n) is 15.7. The molecule has 0 saturated carbocycles. The molecule has 0 nitrogen and oxygen atoms in total. The first kappa shape index (κ1) is 16.3. The van der Waals surface area contributed by atoms with E-state index < -0.39 is 0 Å². The lowest BCUT2D eigenvalue weighted by Gasteiger charge is -2.27. The van der Waals surface area contributed by atoms with Crippen LogP contribution in [0.4, 0.5) is 0 Å². The molecular weight excluding hydrogens is 326 g/mol. The Bertz CT molecular complexity index is 554. The van der Waals surface area contributed by atoms with Gasteiger partial charge in [-0.25, -0.2) is 0 Å². The molecule has 0 amide bonds. The molecule has 9 atom stereocenters. The lowest BCUT2D eigenvalue weighted by Crippen LogP contribution is -2.27. The summed E-state index contributed by atoms with van der Waals surface area (Å²) in [5, 5.41) is 3.75. The minimum atomic E-state index is 0.110. The number of benzene rings is 1. The summed E-state index contributed by atoms with van der Waals surface area (Å²) in [5.41, 5.74) is 4.13. The molecule has 5 rings (SSSR count). The number of rotatable bonds is 2. The van der Waals surface area contributed by atoms with Gasteiger partial charge in [-0.05, 0) is 82.6 Å². The van der Waals surface area contributed by atoms with Crippen LogP contribution in [0.25, 0.3) is 0 Å². The predicted octanol–water partition coefficient (Wildman–Crippen LogP) is 5.53. The van der Waals surface area contributed by atoms with Gasteiger partial charge in [0.1, 0.15) is 0 Å². The lowest BCUT2D eigenvalue weighted by atomic mass is 9.84. The molecule has 5 unspecified atom stereocenters. The van der Waals surface area contributed by atoms with Crippen LogP contribution in [0.5, 0.6) is 0 Å². The average molecular weight is 358 g/mol. The first-order valence-electron chi connectivity index (χ1n) is 10.2. The minimum absolute atomic E-state index is 0.110. The molecule has 4 aliphatic heterocycles. The summed E-state index contributed by atoms with van der Waals surface area (Å²) in [5.74, 6) is 3.93. The van der Waals surface area contributed by atoms with Crippen molar-refractivity contribution in [2.75, 3.05) is 0 Å². The molecule has 4 aliphatic rings. The fraction of sp³-hybridized carbons (Fsp3) is 0.727. The maximum Gasteiger partial charge on any atom is -0.0137 e. The summed E-state index contributed by atoms with van der Waals surface area (Å²) >= 11 is 0. The van der Waals surface area contributed by atoms with E-state index in [4.69, 9.17) is 0 Å². The summed E-state index contributed by atoms with van der Waals surface area (Å²) in [4.78, 5) is 0. The zero-order valence-corrected chi connectivity index (χ0v) is 17.4. The van der Waals surface area contributed by atoms with Crippen LogP contribution in [0.15, 0.2) is 24.3 Å². The van der Waals surface area contributed by atoms with E-state index in [0.717, 1.165) is 46.3 Å². The molecule has 0 aromatic heterocycles. The van der Waals surface area contributed by atoms with E-state index in [1.54, 1.807) is 0 Å². The van der Waals surface area contributed by atoms with Crippen molar-refractivity contribution in [2.24, 2.45) is 23.7 Å². The van der Waals surface area contributed by atoms with E-state index in [1.165, 1.54) is 25.7 Å². The highest BCUT2D eigenvalue weighted by molar-refractivity contribution is 7.74. The third-order valence-electron chi connectivity index (χ3n) is 7.95. The SMILES string of the molecule is C[C@@H]1CC2[C@@H](C)CC1P2c1ccccc1P1C2C[C@H](C)C1C[C@@H]2C. The smallest absolute Gasteiger partial charge is 0.0137 e. The molecule has 0 spiro atoms. The van der Waals surface area contributed by atoms with Crippen molar-refractivity contribution in [1.29, 1.82) is 0 Å². The summed E-state index contributed by atoms with van der Waals surface area (Å²) < 4.78 is 0. The van der Waals surface area contributed by atoms with Gasteiger partial charge in [0.05, 0.1) is 0 Å². The molecule has 4 bridgehead atoms. The van der Waals surface area contributed by atoms with Crippen LogP contribution in [0, 0.1) is 23.7 Å². The number of hydrogen-bond acceptors (Lipinski definition) is 0. The molecule has 2 heteroatoms. The Morgan fingerprint density at radius 2 is 0.875 bits per heavy atom. The van der Waals surface area contributed by atoms with Crippen LogP contribution in [-0.2, 0) is 0 Å². The minimum Gasteiger partial charge on any atom is -0.0677 e. The second kappa shape index (κ2) is 5.79. The predicted molar refractivity (Wildman–Crippen MR) is 110 cm³/mol. The van der Waals surface area contributed by atoms with Crippen molar-refractivity contribution in [2.45, 2.75) is 76.0 Å². The van der Waals surface area contributed by atoms with E-state index >= 15 is 0 Å². The molecule has 4 heterocycles. The Labute approximate surface area is 150 Å². The van der Waals surface area contributed by atoms with Crippen LogP contribution in [0.3, 0.4) is 0 Å². The fourth-order valence-corrected chi connectivity index (χ4v) is 16.0. The van der Waals surface area contributed by atoms with Crippen LogP contribution in [-0.4, -0.2) is 22.6 Å². The van der Waals surface area contributed by atoms with Crippen molar-refractivity contribution in [1.82, 2.24) is 0 Å². The van der Waals surface area contributed by atoms with Crippen LogP contribution >= 0.6 is 15.8 Å². The third kappa shape index (κ3) is 2.18. The molecule has 1 aromatic rings. The molecule has 1 aromatic carbocycles. The first-order valence-corrected chi connectivity index (χ1v) is 13.2. The molecule has 24 heavy (non-hydrogen) atoms. The first-order chi connectivity index (χ1) is 11.6. The standard InChI is InChI=1S/C22H32P2/c1-13-9-20-14(2)10-19(13)23(20)17-7-5-6-8-18(17)24-21-12-16(4)22(24)11-15(21)3/h5-8,13-16,19-22H,9-12H2,1-4H3/t13-,14-,15-,16+,19?,20?,21?,22?,23?,24?/m0/s1. The van der Waals surface area contributed by atoms with Crippen molar-refractivity contribution >= 4 is 26.5 Å². The van der Waals surface area contributed by atoms with Gasteiger partial charge in [-0.3, -0.25) is 0 Å². The normalized spacial score (nSPS) is 52.3.